The molecular formula is C19H26ClN3O5. The van der Waals surface area contributed by atoms with E-state index < -0.39 is 18.1 Å². The van der Waals surface area contributed by atoms with E-state index in [0.29, 0.717) is 37.4 Å². The summed E-state index contributed by atoms with van der Waals surface area (Å²) in [7, 11) is 1.33. The summed E-state index contributed by atoms with van der Waals surface area (Å²) in [6, 6.07) is 6.17. The smallest absolute Gasteiger partial charge is 0.328 e. The first-order chi connectivity index (χ1) is 13.1. The van der Waals surface area contributed by atoms with Crippen molar-refractivity contribution >= 4 is 35.9 Å². The van der Waals surface area contributed by atoms with Gasteiger partial charge in [0.05, 0.1) is 13.7 Å². The van der Waals surface area contributed by atoms with Gasteiger partial charge in [0.25, 0.3) is 11.8 Å². The maximum atomic E-state index is 12.9. The molecule has 28 heavy (non-hydrogen) atoms. The van der Waals surface area contributed by atoms with E-state index in [4.69, 9.17) is 9.47 Å². The molecule has 0 saturated carbocycles. The zero-order valence-electron chi connectivity index (χ0n) is 15.8. The number of ether oxygens (including phenoxy) is 2. The number of halogens is 1. The number of carbonyl (C=O) groups excluding carboxylic acids is 3. The number of esters is 1. The number of benzene rings is 1. The number of likely N-dealkylation sites (tertiary alicyclic amines) is 1. The van der Waals surface area contributed by atoms with Gasteiger partial charge in [0.1, 0.15) is 12.1 Å². The van der Waals surface area contributed by atoms with Crippen molar-refractivity contribution in [1.82, 2.24) is 10.2 Å². The summed E-state index contributed by atoms with van der Waals surface area (Å²) < 4.78 is 10.3. The molecule has 154 valence electrons. The molecule has 2 atom stereocenters. The van der Waals surface area contributed by atoms with Crippen LogP contribution >= 0.6 is 12.4 Å². The summed E-state index contributed by atoms with van der Waals surface area (Å²) in [5, 5.41) is 5.89. The van der Waals surface area contributed by atoms with Crippen LogP contribution < -0.4 is 10.6 Å². The lowest BCUT2D eigenvalue weighted by molar-refractivity contribution is -0.147. The Hall–Kier alpha value is -2.16. The molecule has 3 rings (SSSR count). The van der Waals surface area contributed by atoms with Crippen molar-refractivity contribution in [2.24, 2.45) is 0 Å². The zero-order chi connectivity index (χ0) is 19.2. The predicted molar refractivity (Wildman–Crippen MR) is 106 cm³/mol. The van der Waals surface area contributed by atoms with E-state index in [1.54, 1.807) is 29.2 Å². The van der Waals surface area contributed by atoms with Crippen LogP contribution in [0.4, 0.5) is 5.69 Å². The monoisotopic (exact) mass is 411 g/mol. The van der Waals surface area contributed by atoms with Gasteiger partial charge in [-0.2, -0.15) is 0 Å². The normalized spacial score (nSPS) is 22.0. The molecule has 2 saturated heterocycles. The van der Waals surface area contributed by atoms with Crippen LogP contribution in [0.15, 0.2) is 24.3 Å². The second-order valence-corrected chi connectivity index (χ2v) is 6.67. The summed E-state index contributed by atoms with van der Waals surface area (Å²) >= 11 is 0. The number of anilines is 1. The van der Waals surface area contributed by atoms with Crippen LogP contribution in [-0.2, 0) is 19.1 Å². The first-order valence-electron chi connectivity index (χ1n) is 9.22. The van der Waals surface area contributed by atoms with E-state index in [9.17, 15) is 14.4 Å². The van der Waals surface area contributed by atoms with Crippen LogP contribution in [0.2, 0.25) is 0 Å². The molecule has 2 fully saturated rings. The number of piperidine rings is 1. The SMILES string of the molecule is COC(=O)C1CCCCN1C(=O)c1cccc(NC(=O)C2CNCCO2)c1.Cl. The van der Waals surface area contributed by atoms with Gasteiger partial charge in [-0.05, 0) is 37.5 Å². The highest BCUT2D eigenvalue weighted by atomic mass is 35.5. The van der Waals surface area contributed by atoms with E-state index in [1.165, 1.54) is 7.11 Å². The molecule has 2 amide bonds. The highest BCUT2D eigenvalue weighted by molar-refractivity contribution is 5.99. The Morgan fingerprint density at radius 3 is 2.82 bits per heavy atom. The summed E-state index contributed by atoms with van der Waals surface area (Å²) in [6.07, 6.45) is 1.78. The van der Waals surface area contributed by atoms with Gasteiger partial charge >= 0.3 is 5.97 Å². The molecule has 2 aliphatic heterocycles. The second kappa shape index (κ2) is 10.4. The van der Waals surface area contributed by atoms with Crippen LogP contribution in [-0.4, -0.2) is 68.2 Å². The number of rotatable bonds is 4. The molecule has 2 heterocycles. The Morgan fingerprint density at radius 1 is 1.29 bits per heavy atom. The highest BCUT2D eigenvalue weighted by Crippen LogP contribution is 2.22. The number of methoxy groups -OCH3 is 1. The lowest BCUT2D eigenvalue weighted by Crippen LogP contribution is -2.48. The Balaban J connectivity index is 0.00000280. The van der Waals surface area contributed by atoms with E-state index in [-0.39, 0.29) is 24.2 Å². The van der Waals surface area contributed by atoms with Crippen molar-refractivity contribution < 1.29 is 23.9 Å². The molecule has 0 bridgehead atoms. The van der Waals surface area contributed by atoms with Gasteiger partial charge in [0.15, 0.2) is 0 Å². The minimum absolute atomic E-state index is 0. The molecule has 0 aromatic heterocycles. The van der Waals surface area contributed by atoms with Crippen molar-refractivity contribution in [2.45, 2.75) is 31.4 Å². The number of hydrogen-bond donors (Lipinski definition) is 2. The summed E-state index contributed by atoms with van der Waals surface area (Å²) in [4.78, 5) is 38.8. The van der Waals surface area contributed by atoms with Crippen LogP contribution in [0, 0.1) is 0 Å². The largest absolute Gasteiger partial charge is 0.467 e. The fraction of sp³-hybridized carbons (Fsp3) is 0.526. The molecule has 2 N–H and O–H groups in total. The Bertz CT molecular complexity index is 709. The van der Waals surface area contributed by atoms with Crippen molar-refractivity contribution in [3.8, 4) is 0 Å². The second-order valence-electron chi connectivity index (χ2n) is 6.67. The number of nitrogens with zero attached hydrogens (tertiary/aromatic N) is 1. The van der Waals surface area contributed by atoms with Crippen molar-refractivity contribution in [3.05, 3.63) is 29.8 Å². The molecule has 0 radical (unpaired) electrons. The molecule has 2 aliphatic rings. The Labute approximate surface area is 170 Å². The lowest BCUT2D eigenvalue weighted by Gasteiger charge is -2.33. The molecule has 0 aliphatic carbocycles. The Morgan fingerprint density at radius 2 is 2.11 bits per heavy atom. The van der Waals surface area contributed by atoms with Crippen LogP contribution in [0.3, 0.4) is 0 Å². The number of nitrogens with one attached hydrogen (secondary N) is 2. The quantitative estimate of drug-likeness (QED) is 0.723. The predicted octanol–water partition coefficient (Wildman–Crippen LogP) is 1.20. The third-order valence-corrected chi connectivity index (χ3v) is 4.83. The van der Waals surface area contributed by atoms with E-state index in [0.717, 1.165) is 19.4 Å². The average Bonchev–Trinajstić information content (AvgIpc) is 2.73. The van der Waals surface area contributed by atoms with E-state index in [1.807, 2.05) is 0 Å². The van der Waals surface area contributed by atoms with Gasteiger partial charge in [-0.1, -0.05) is 6.07 Å². The zero-order valence-corrected chi connectivity index (χ0v) is 16.6. The number of hydrogen-bond acceptors (Lipinski definition) is 6. The van der Waals surface area contributed by atoms with Gasteiger partial charge in [0.2, 0.25) is 0 Å². The third-order valence-electron chi connectivity index (χ3n) is 4.83. The van der Waals surface area contributed by atoms with Gasteiger partial charge in [0, 0.05) is 30.9 Å². The van der Waals surface area contributed by atoms with Crippen LogP contribution in [0.25, 0.3) is 0 Å². The lowest BCUT2D eigenvalue weighted by atomic mass is 10.0. The first-order valence-corrected chi connectivity index (χ1v) is 9.22. The number of amides is 2. The number of morpholine rings is 1. The summed E-state index contributed by atoms with van der Waals surface area (Å²) in [5.41, 5.74) is 0.943. The number of carbonyl (C=O) groups is 3. The molecule has 1 aromatic carbocycles. The minimum atomic E-state index is -0.559. The fourth-order valence-corrected chi connectivity index (χ4v) is 3.41. The molecule has 2 unspecified atom stereocenters. The fourth-order valence-electron chi connectivity index (χ4n) is 3.41. The minimum Gasteiger partial charge on any atom is -0.467 e. The van der Waals surface area contributed by atoms with Crippen LogP contribution in [0.1, 0.15) is 29.6 Å². The average molecular weight is 412 g/mol. The molecule has 8 nitrogen and oxygen atoms in total. The van der Waals surface area contributed by atoms with Crippen molar-refractivity contribution in [2.75, 3.05) is 38.7 Å². The standard InChI is InChI=1S/C19H25N3O5.ClH/c1-26-19(25)15-7-2-3-9-22(15)18(24)13-5-4-6-14(11-13)21-17(23)16-12-20-8-10-27-16;/h4-6,11,15-16,20H,2-3,7-10,12H2,1H3,(H,21,23);1H. The van der Waals surface area contributed by atoms with Gasteiger partial charge in [-0.3, -0.25) is 9.59 Å². The highest BCUT2D eigenvalue weighted by Gasteiger charge is 2.33. The van der Waals surface area contributed by atoms with Gasteiger partial charge in [-0.15, -0.1) is 12.4 Å². The molecule has 0 spiro atoms. The van der Waals surface area contributed by atoms with Crippen molar-refractivity contribution in [3.63, 3.8) is 0 Å². The topological polar surface area (TPSA) is 97.0 Å². The molecule has 1 aromatic rings. The van der Waals surface area contributed by atoms with Crippen LogP contribution in [0.5, 0.6) is 0 Å². The maximum Gasteiger partial charge on any atom is 0.328 e. The van der Waals surface area contributed by atoms with E-state index in [2.05, 4.69) is 10.6 Å². The third kappa shape index (κ3) is 5.21. The molecule has 9 heteroatoms. The summed E-state index contributed by atoms with van der Waals surface area (Å²) in [5.74, 6) is -0.886. The van der Waals surface area contributed by atoms with E-state index >= 15 is 0 Å². The Kier molecular flexibility index (Phi) is 8.22. The first kappa shape index (κ1) is 22.1. The van der Waals surface area contributed by atoms with Gasteiger partial charge in [-0.25, -0.2) is 4.79 Å². The summed E-state index contributed by atoms with van der Waals surface area (Å²) in [6.45, 7) is 2.18. The van der Waals surface area contributed by atoms with Gasteiger partial charge < -0.3 is 25.0 Å². The maximum absolute atomic E-state index is 12.9. The molecular weight excluding hydrogens is 386 g/mol. The van der Waals surface area contributed by atoms with Crippen molar-refractivity contribution in [1.29, 1.82) is 0 Å².